The van der Waals surface area contributed by atoms with Crippen molar-refractivity contribution in [2.24, 2.45) is 5.73 Å². The largest absolute Gasteiger partial charge is 0.381 e. The third-order valence-corrected chi connectivity index (χ3v) is 4.90. The van der Waals surface area contributed by atoms with E-state index in [2.05, 4.69) is 29.6 Å². The Bertz CT molecular complexity index is 483. The first-order valence-electron chi connectivity index (χ1n) is 7.92. The molecule has 4 nitrogen and oxygen atoms in total. The van der Waals surface area contributed by atoms with E-state index in [0.29, 0.717) is 32.0 Å². The smallest absolute Gasteiger partial charge is 0.240 e. The Morgan fingerprint density at radius 2 is 1.90 bits per heavy atom. The van der Waals surface area contributed by atoms with E-state index in [9.17, 15) is 4.79 Å². The fourth-order valence-corrected chi connectivity index (χ4v) is 3.51. The monoisotopic (exact) mass is 288 g/mol. The number of rotatable bonds is 3. The number of carbonyl (C=O) groups is 1. The van der Waals surface area contributed by atoms with Crippen LogP contribution >= 0.6 is 0 Å². The van der Waals surface area contributed by atoms with Gasteiger partial charge in [0.1, 0.15) is 0 Å². The first-order chi connectivity index (χ1) is 10.2. The van der Waals surface area contributed by atoms with E-state index in [4.69, 9.17) is 10.5 Å². The average Bonchev–Trinajstić information content (AvgIpc) is 2.97. The van der Waals surface area contributed by atoms with Gasteiger partial charge in [-0.1, -0.05) is 36.8 Å². The highest BCUT2D eigenvalue weighted by atomic mass is 16.5. The molecule has 2 unspecified atom stereocenters. The standard InChI is InChI=1S/C17H24N2O2/c18-17(9-11-21-12-10-17)16(20)19-15-8-4-7-14(15)13-5-2-1-3-6-13/h1-3,5-6,14-15H,4,7-12,18H2,(H,19,20). The molecule has 21 heavy (non-hydrogen) atoms. The van der Waals surface area contributed by atoms with Gasteiger partial charge in [-0.25, -0.2) is 0 Å². The number of amides is 1. The molecule has 0 aromatic heterocycles. The second-order valence-corrected chi connectivity index (χ2v) is 6.30. The Morgan fingerprint density at radius 3 is 2.62 bits per heavy atom. The van der Waals surface area contributed by atoms with Crippen LogP contribution in [0.5, 0.6) is 0 Å². The number of hydrogen-bond acceptors (Lipinski definition) is 3. The van der Waals surface area contributed by atoms with Crippen LogP contribution in [0, 0.1) is 0 Å². The Morgan fingerprint density at radius 1 is 1.19 bits per heavy atom. The summed E-state index contributed by atoms with van der Waals surface area (Å²) >= 11 is 0. The van der Waals surface area contributed by atoms with Crippen LogP contribution in [0.25, 0.3) is 0 Å². The third-order valence-electron chi connectivity index (χ3n) is 4.90. The lowest BCUT2D eigenvalue weighted by Crippen LogP contribution is -2.58. The molecule has 2 atom stereocenters. The number of benzene rings is 1. The molecule has 3 rings (SSSR count). The maximum Gasteiger partial charge on any atom is 0.240 e. The first-order valence-corrected chi connectivity index (χ1v) is 7.92. The van der Waals surface area contributed by atoms with Crippen molar-refractivity contribution in [1.82, 2.24) is 5.32 Å². The van der Waals surface area contributed by atoms with Gasteiger partial charge in [-0.2, -0.15) is 0 Å². The first kappa shape index (κ1) is 14.5. The van der Waals surface area contributed by atoms with E-state index in [1.54, 1.807) is 0 Å². The van der Waals surface area contributed by atoms with Gasteiger partial charge in [-0.05, 0) is 31.2 Å². The maximum absolute atomic E-state index is 12.6. The summed E-state index contributed by atoms with van der Waals surface area (Å²) in [7, 11) is 0. The lowest BCUT2D eigenvalue weighted by Gasteiger charge is -2.34. The fourth-order valence-electron chi connectivity index (χ4n) is 3.51. The summed E-state index contributed by atoms with van der Waals surface area (Å²) in [6.45, 7) is 1.16. The van der Waals surface area contributed by atoms with Crippen LogP contribution in [-0.4, -0.2) is 30.7 Å². The lowest BCUT2D eigenvalue weighted by molar-refractivity contribution is -0.130. The molecular formula is C17H24N2O2. The van der Waals surface area contributed by atoms with E-state index in [1.807, 2.05) is 6.07 Å². The topological polar surface area (TPSA) is 64.4 Å². The molecule has 1 heterocycles. The SMILES string of the molecule is NC1(C(=O)NC2CCCC2c2ccccc2)CCOCC1. The molecule has 1 aliphatic heterocycles. The van der Waals surface area contributed by atoms with Crippen LogP contribution in [0.15, 0.2) is 30.3 Å². The van der Waals surface area contributed by atoms with Crippen LogP contribution < -0.4 is 11.1 Å². The Balaban J connectivity index is 1.67. The second kappa shape index (κ2) is 6.16. The molecule has 0 radical (unpaired) electrons. The van der Waals surface area contributed by atoms with Crippen LogP contribution in [0.4, 0.5) is 0 Å². The molecule has 1 amide bonds. The van der Waals surface area contributed by atoms with Crippen LogP contribution in [0.1, 0.15) is 43.6 Å². The van der Waals surface area contributed by atoms with E-state index in [0.717, 1.165) is 19.3 Å². The van der Waals surface area contributed by atoms with Gasteiger partial charge in [0.15, 0.2) is 0 Å². The predicted octanol–water partition coefficient (Wildman–Crippen LogP) is 1.95. The molecule has 114 valence electrons. The number of ether oxygens (including phenoxy) is 1. The molecule has 1 saturated heterocycles. The summed E-state index contributed by atoms with van der Waals surface area (Å²) in [5.74, 6) is 0.414. The molecule has 4 heteroatoms. The molecule has 0 spiro atoms. The number of carbonyl (C=O) groups excluding carboxylic acids is 1. The van der Waals surface area contributed by atoms with E-state index in [1.165, 1.54) is 5.56 Å². The fraction of sp³-hybridized carbons (Fsp3) is 0.588. The minimum absolute atomic E-state index is 0.00127. The maximum atomic E-state index is 12.6. The summed E-state index contributed by atoms with van der Waals surface area (Å²) in [5, 5.41) is 3.22. The predicted molar refractivity (Wildman–Crippen MR) is 81.9 cm³/mol. The molecule has 1 aromatic rings. The van der Waals surface area contributed by atoms with Crippen molar-refractivity contribution in [2.75, 3.05) is 13.2 Å². The van der Waals surface area contributed by atoms with Gasteiger partial charge in [0, 0.05) is 25.2 Å². The van der Waals surface area contributed by atoms with Crippen LogP contribution in [-0.2, 0) is 9.53 Å². The highest BCUT2D eigenvalue weighted by molar-refractivity contribution is 5.86. The molecule has 0 bridgehead atoms. The molecule has 3 N–H and O–H groups in total. The van der Waals surface area contributed by atoms with Gasteiger partial charge in [-0.15, -0.1) is 0 Å². The molecule has 1 saturated carbocycles. The van der Waals surface area contributed by atoms with Crippen molar-refractivity contribution in [3.8, 4) is 0 Å². The van der Waals surface area contributed by atoms with E-state index in [-0.39, 0.29) is 11.9 Å². The zero-order valence-corrected chi connectivity index (χ0v) is 12.4. The Kier molecular flexibility index (Phi) is 4.27. The molecule has 2 fully saturated rings. The highest BCUT2D eigenvalue weighted by Crippen LogP contribution is 2.35. The van der Waals surface area contributed by atoms with Crippen molar-refractivity contribution < 1.29 is 9.53 Å². The van der Waals surface area contributed by atoms with Gasteiger partial charge in [0.25, 0.3) is 0 Å². The van der Waals surface area contributed by atoms with Gasteiger partial charge in [-0.3, -0.25) is 4.79 Å². The Labute approximate surface area is 126 Å². The third kappa shape index (κ3) is 3.11. The zero-order chi connectivity index (χ0) is 14.7. The summed E-state index contributed by atoms with van der Waals surface area (Å²) in [6.07, 6.45) is 4.56. The normalized spacial score (nSPS) is 28.2. The van der Waals surface area contributed by atoms with Crippen LogP contribution in [0.2, 0.25) is 0 Å². The minimum atomic E-state index is -0.748. The van der Waals surface area contributed by atoms with Crippen molar-refractivity contribution >= 4 is 5.91 Å². The average molecular weight is 288 g/mol. The highest BCUT2D eigenvalue weighted by Gasteiger charge is 2.39. The van der Waals surface area contributed by atoms with Crippen molar-refractivity contribution in [3.63, 3.8) is 0 Å². The quantitative estimate of drug-likeness (QED) is 0.893. The summed E-state index contributed by atoms with van der Waals surface area (Å²) in [6, 6.07) is 10.7. The molecule has 2 aliphatic rings. The number of hydrogen-bond donors (Lipinski definition) is 2. The van der Waals surface area contributed by atoms with Crippen molar-refractivity contribution in [3.05, 3.63) is 35.9 Å². The minimum Gasteiger partial charge on any atom is -0.381 e. The van der Waals surface area contributed by atoms with Crippen LogP contribution in [0.3, 0.4) is 0 Å². The van der Waals surface area contributed by atoms with Gasteiger partial charge < -0.3 is 15.8 Å². The van der Waals surface area contributed by atoms with Gasteiger partial charge in [0.05, 0.1) is 5.54 Å². The summed E-state index contributed by atoms with van der Waals surface area (Å²) < 4.78 is 5.32. The number of nitrogens with one attached hydrogen (secondary N) is 1. The second-order valence-electron chi connectivity index (χ2n) is 6.30. The summed E-state index contributed by atoms with van der Waals surface area (Å²) in [4.78, 5) is 12.6. The van der Waals surface area contributed by atoms with Crippen molar-refractivity contribution in [2.45, 2.75) is 49.6 Å². The molecular weight excluding hydrogens is 264 g/mol. The lowest BCUT2D eigenvalue weighted by atomic mass is 9.88. The van der Waals surface area contributed by atoms with E-state index >= 15 is 0 Å². The summed E-state index contributed by atoms with van der Waals surface area (Å²) in [5.41, 5.74) is 6.84. The zero-order valence-electron chi connectivity index (χ0n) is 12.4. The van der Waals surface area contributed by atoms with Crippen molar-refractivity contribution in [1.29, 1.82) is 0 Å². The Hall–Kier alpha value is -1.39. The van der Waals surface area contributed by atoms with Gasteiger partial charge in [0.2, 0.25) is 5.91 Å². The molecule has 1 aliphatic carbocycles. The molecule has 1 aromatic carbocycles. The van der Waals surface area contributed by atoms with Gasteiger partial charge >= 0.3 is 0 Å². The van der Waals surface area contributed by atoms with E-state index < -0.39 is 5.54 Å². The number of nitrogens with two attached hydrogens (primary N) is 1.